The fourth-order valence-corrected chi connectivity index (χ4v) is 3.17. The molecule has 1 aromatic carbocycles. The van der Waals surface area contributed by atoms with Gasteiger partial charge in [-0.2, -0.15) is 0 Å². The third kappa shape index (κ3) is 2.80. The van der Waals surface area contributed by atoms with Crippen LogP contribution in [-0.2, 0) is 16.1 Å². The van der Waals surface area contributed by atoms with Gasteiger partial charge in [-0.3, -0.25) is 9.59 Å². The Morgan fingerprint density at radius 3 is 3.05 bits per heavy atom. The number of carbonyl (C=O) groups excluding carboxylic acids is 2. The number of para-hydroxylation sites is 1. The van der Waals surface area contributed by atoms with Crippen LogP contribution in [0, 0.1) is 5.92 Å². The number of aromatic nitrogens is 1. The predicted octanol–water partition coefficient (Wildman–Crippen LogP) is 1.44. The van der Waals surface area contributed by atoms with Crippen molar-refractivity contribution in [2.24, 2.45) is 5.92 Å². The Hall–Kier alpha value is -1.95. The Bertz CT molecular complexity index is 610. The van der Waals surface area contributed by atoms with Crippen LogP contribution in [0.2, 0.25) is 0 Å². The molecule has 1 fully saturated rings. The van der Waals surface area contributed by atoms with Gasteiger partial charge in [-0.25, -0.2) is 4.98 Å². The number of piperidine rings is 1. The van der Waals surface area contributed by atoms with Crippen LogP contribution >= 0.6 is 11.3 Å². The highest BCUT2D eigenvalue weighted by molar-refractivity contribution is 7.18. The molecular formula is C14H15N3O2S. The van der Waals surface area contributed by atoms with Gasteiger partial charge < -0.3 is 10.6 Å². The second-order valence-electron chi connectivity index (χ2n) is 4.83. The molecule has 0 spiro atoms. The topological polar surface area (TPSA) is 71.1 Å². The molecule has 1 aliphatic rings. The average molecular weight is 289 g/mol. The first kappa shape index (κ1) is 13.1. The maximum absolute atomic E-state index is 12.0. The third-order valence-corrected chi connectivity index (χ3v) is 4.42. The van der Waals surface area contributed by atoms with Gasteiger partial charge in [0.25, 0.3) is 0 Å². The van der Waals surface area contributed by atoms with Crippen LogP contribution in [0.3, 0.4) is 0 Å². The molecule has 1 aliphatic heterocycles. The lowest BCUT2D eigenvalue weighted by Crippen LogP contribution is -2.42. The van der Waals surface area contributed by atoms with Crippen LogP contribution in [0.4, 0.5) is 0 Å². The second kappa shape index (κ2) is 5.58. The average Bonchev–Trinajstić information content (AvgIpc) is 2.88. The molecule has 0 bridgehead atoms. The van der Waals surface area contributed by atoms with E-state index < -0.39 is 0 Å². The monoisotopic (exact) mass is 289 g/mol. The van der Waals surface area contributed by atoms with Gasteiger partial charge in [0.15, 0.2) is 0 Å². The second-order valence-corrected chi connectivity index (χ2v) is 5.95. The molecule has 3 rings (SSSR count). The highest BCUT2D eigenvalue weighted by Gasteiger charge is 2.24. The molecule has 20 heavy (non-hydrogen) atoms. The minimum absolute atomic E-state index is 0.00995. The van der Waals surface area contributed by atoms with Crippen LogP contribution in [0.1, 0.15) is 17.8 Å². The van der Waals surface area contributed by atoms with E-state index in [2.05, 4.69) is 15.6 Å². The van der Waals surface area contributed by atoms with Gasteiger partial charge in [0, 0.05) is 13.0 Å². The Labute approximate surface area is 120 Å². The van der Waals surface area contributed by atoms with Crippen molar-refractivity contribution in [2.75, 3.05) is 6.54 Å². The number of thiazole rings is 1. The number of benzene rings is 1. The lowest BCUT2D eigenvalue weighted by atomic mass is 9.98. The highest BCUT2D eigenvalue weighted by atomic mass is 32.1. The molecule has 2 aromatic rings. The Kier molecular flexibility index (Phi) is 3.64. The van der Waals surface area contributed by atoms with Crippen molar-refractivity contribution in [2.45, 2.75) is 19.4 Å². The van der Waals surface area contributed by atoms with E-state index in [0.29, 0.717) is 25.9 Å². The van der Waals surface area contributed by atoms with Crippen molar-refractivity contribution in [3.05, 3.63) is 29.3 Å². The zero-order valence-electron chi connectivity index (χ0n) is 10.9. The molecule has 5 nitrogen and oxygen atoms in total. The summed E-state index contributed by atoms with van der Waals surface area (Å²) in [5.74, 6) is -0.105. The molecule has 1 atom stereocenters. The summed E-state index contributed by atoms with van der Waals surface area (Å²) in [6.07, 6.45) is 1.05. The van der Waals surface area contributed by atoms with Crippen molar-refractivity contribution >= 4 is 33.4 Å². The van der Waals surface area contributed by atoms with Crippen molar-refractivity contribution in [3.8, 4) is 0 Å². The number of amides is 2. The summed E-state index contributed by atoms with van der Waals surface area (Å²) in [4.78, 5) is 27.5. The maximum Gasteiger partial charge on any atom is 0.225 e. The summed E-state index contributed by atoms with van der Waals surface area (Å²) < 4.78 is 1.13. The number of hydrogen-bond donors (Lipinski definition) is 2. The zero-order valence-corrected chi connectivity index (χ0v) is 11.7. The number of nitrogens with one attached hydrogen (secondary N) is 2. The van der Waals surface area contributed by atoms with E-state index in [1.165, 1.54) is 0 Å². The lowest BCUT2D eigenvalue weighted by Gasteiger charge is -2.21. The van der Waals surface area contributed by atoms with E-state index >= 15 is 0 Å². The third-order valence-electron chi connectivity index (χ3n) is 3.39. The van der Waals surface area contributed by atoms with Crippen molar-refractivity contribution in [3.63, 3.8) is 0 Å². The van der Waals surface area contributed by atoms with E-state index in [0.717, 1.165) is 15.2 Å². The molecule has 2 heterocycles. The zero-order chi connectivity index (χ0) is 13.9. The van der Waals surface area contributed by atoms with Crippen LogP contribution in [0.5, 0.6) is 0 Å². The molecule has 6 heteroatoms. The largest absolute Gasteiger partial charge is 0.355 e. The van der Waals surface area contributed by atoms with E-state index in [4.69, 9.17) is 0 Å². The molecule has 1 aromatic heterocycles. The summed E-state index contributed by atoms with van der Waals surface area (Å²) in [5.41, 5.74) is 0.965. The minimum atomic E-state index is -0.123. The van der Waals surface area contributed by atoms with Crippen LogP contribution < -0.4 is 10.6 Å². The van der Waals surface area contributed by atoms with Gasteiger partial charge in [-0.15, -0.1) is 11.3 Å². The molecule has 2 N–H and O–H groups in total. The van der Waals surface area contributed by atoms with Gasteiger partial charge in [0.05, 0.1) is 22.7 Å². The van der Waals surface area contributed by atoms with Gasteiger partial charge in [-0.1, -0.05) is 12.1 Å². The maximum atomic E-state index is 12.0. The summed E-state index contributed by atoms with van der Waals surface area (Å²) in [7, 11) is 0. The summed E-state index contributed by atoms with van der Waals surface area (Å²) in [6.45, 7) is 0.882. The van der Waals surface area contributed by atoms with Crippen LogP contribution in [-0.4, -0.2) is 23.3 Å². The number of hydrogen-bond acceptors (Lipinski definition) is 4. The van der Waals surface area contributed by atoms with E-state index in [9.17, 15) is 9.59 Å². The first-order valence-electron chi connectivity index (χ1n) is 6.61. The molecule has 0 radical (unpaired) electrons. The molecule has 104 valence electrons. The predicted molar refractivity (Wildman–Crippen MR) is 77.2 cm³/mol. The summed E-state index contributed by atoms with van der Waals surface area (Å²) in [6, 6.07) is 7.92. The van der Waals surface area contributed by atoms with Gasteiger partial charge in [0.2, 0.25) is 11.8 Å². The summed E-state index contributed by atoms with van der Waals surface area (Å²) >= 11 is 1.59. The Morgan fingerprint density at radius 1 is 1.45 bits per heavy atom. The van der Waals surface area contributed by atoms with Crippen LogP contribution in [0.25, 0.3) is 10.2 Å². The smallest absolute Gasteiger partial charge is 0.225 e. The van der Waals surface area contributed by atoms with Crippen molar-refractivity contribution < 1.29 is 9.59 Å². The Balaban J connectivity index is 1.58. The SMILES string of the molecule is O=C1CC[C@@H](C(=O)NCc2nc3ccccc3s2)CN1. The van der Waals surface area contributed by atoms with Crippen molar-refractivity contribution in [1.29, 1.82) is 0 Å². The lowest BCUT2D eigenvalue weighted by molar-refractivity contribution is -0.129. The quantitative estimate of drug-likeness (QED) is 0.898. The molecule has 0 saturated carbocycles. The van der Waals surface area contributed by atoms with Crippen LogP contribution in [0.15, 0.2) is 24.3 Å². The van der Waals surface area contributed by atoms with E-state index in [-0.39, 0.29) is 17.7 Å². The fraction of sp³-hybridized carbons (Fsp3) is 0.357. The minimum Gasteiger partial charge on any atom is -0.355 e. The normalized spacial score (nSPS) is 18.8. The molecule has 0 unspecified atom stereocenters. The standard InChI is InChI=1S/C14H15N3O2S/c18-12-6-5-9(7-15-12)14(19)16-8-13-17-10-3-1-2-4-11(10)20-13/h1-4,9H,5-8H2,(H,15,18)(H,16,19)/t9-/m1/s1. The first-order chi connectivity index (χ1) is 9.72. The first-order valence-corrected chi connectivity index (χ1v) is 7.43. The number of fused-ring (bicyclic) bond motifs is 1. The fourth-order valence-electron chi connectivity index (χ4n) is 2.26. The molecule has 2 amide bonds. The number of carbonyl (C=O) groups is 2. The van der Waals surface area contributed by atoms with E-state index in [1.54, 1.807) is 11.3 Å². The number of nitrogens with zero attached hydrogens (tertiary/aromatic N) is 1. The van der Waals surface area contributed by atoms with Gasteiger partial charge in [0.1, 0.15) is 5.01 Å². The van der Waals surface area contributed by atoms with E-state index in [1.807, 2.05) is 24.3 Å². The van der Waals surface area contributed by atoms with Crippen molar-refractivity contribution in [1.82, 2.24) is 15.6 Å². The number of rotatable bonds is 3. The van der Waals surface area contributed by atoms with Gasteiger partial charge >= 0.3 is 0 Å². The molecule has 0 aliphatic carbocycles. The summed E-state index contributed by atoms with van der Waals surface area (Å²) in [5, 5.41) is 6.52. The van der Waals surface area contributed by atoms with Gasteiger partial charge in [-0.05, 0) is 18.6 Å². The molecular weight excluding hydrogens is 274 g/mol. The Morgan fingerprint density at radius 2 is 2.30 bits per heavy atom. The molecule has 1 saturated heterocycles. The highest BCUT2D eigenvalue weighted by Crippen LogP contribution is 2.21.